The van der Waals surface area contributed by atoms with Gasteiger partial charge in [0, 0.05) is 18.0 Å². The van der Waals surface area contributed by atoms with Crippen LogP contribution >= 0.6 is 23.5 Å². The third-order valence-electron chi connectivity index (χ3n) is 5.39. The molecule has 0 unspecified atom stereocenters. The first-order valence-electron chi connectivity index (χ1n) is 10.9. The molecule has 3 nitrogen and oxygen atoms in total. The summed E-state index contributed by atoms with van der Waals surface area (Å²) < 4.78 is 0. The normalized spacial score (nSPS) is 19.4. The molecule has 2 heterocycles. The molecule has 0 radical (unpaired) electrons. The molecule has 0 bridgehead atoms. The van der Waals surface area contributed by atoms with Gasteiger partial charge < -0.3 is 9.80 Å². The number of rotatable bonds is 7. The van der Waals surface area contributed by atoms with Gasteiger partial charge in [-0.3, -0.25) is 4.79 Å². The van der Waals surface area contributed by atoms with Crippen molar-refractivity contribution in [2.24, 2.45) is 0 Å². The Kier molecular flexibility index (Phi) is 7.25. The minimum atomic E-state index is 0.167. The van der Waals surface area contributed by atoms with E-state index in [-0.39, 0.29) is 5.91 Å². The number of benzene rings is 2. The van der Waals surface area contributed by atoms with Crippen LogP contribution < -0.4 is 0 Å². The van der Waals surface area contributed by atoms with E-state index in [9.17, 15) is 4.79 Å². The molecule has 4 rings (SSSR count). The molecule has 160 valence electrons. The van der Waals surface area contributed by atoms with Crippen LogP contribution in [0.25, 0.3) is 10.6 Å². The van der Waals surface area contributed by atoms with Crippen LogP contribution in [0.3, 0.4) is 0 Å². The van der Waals surface area contributed by atoms with Crippen molar-refractivity contribution in [1.29, 1.82) is 0 Å². The molecule has 5 heteroatoms. The average Bonchev–Trinajstić information content (AvgIpc) is 3.37. The van der Waals surface area contributed by atoms with Gasteiger partial charge in [0.2, 0.25) is 0 Å². The fourth-order valence-corrected chi connectivity index (χ4v) is 5.96. The van der Waals surface area contributed by atoms with E-state index in [0.717, 1.165) is 41.7 Å². The Balaban J connectivity index is 1.66. The summed E-state index contributed by atoms with van der Waals surface area (Å²) in [5.41, 5.74) is 3.67. The van der Waals surface area contributed by atoms with Crippen molar-refractivity contribution < 1.29 is 4.79 Å². The maximum Gasteiger partial charge on any atom is 0.261 e. The predicted octanol–water partition coefficient (Wildman–Crippen LogP) is 6.64. The highest BCUT2D eigenvalue weighted by atomic mass is 32.2. The van der Waals surface area contributed by atoms with Crippen LogP contribution in [0.15, 0.2) is 82.7 Å². The summed E-state index contributed by atoms with van der Waals surface area (Å²) in [6, 6.07) is 21.1. The molecule has 2 aliphatic rings. The lowest BCUT2D eigenvalue weighted by Gasteiger charge is -2.21. The second-order valence-electron chi connectivity index (χ2n) is 7.49. The highest BCUT2D eigenvalue weighted by Crippen LogP contribution is 2.50. The zero-order chi connectivity index (χ0) is 21.6. The molecular weight excluding hydrogens is 420 g/mol. The number of unbranched alkanes of at least 4 members (excludes halogenated alkanes) is 1. The van der Waals surface area contributed by atoms with Gasteiger partial charge in [-0.15, -0.1) is 0 Å². The van der Waals surface area contributed by atoms with Crippen molar-refractivity contribution in [3.8, 4) is 0 Å². The zero-order valence-electron chi connectivity index (χ0n) is 18.1. The van der Waals surface area contributed by atoms with Crippen LogP contribution in [0.4, 0.5) is 0 Å². The van der Waals surface area contributed by atoms with Gasteiger partial charge in [-0.05, 0) is 36.6 Å². The van der Waals surface area contributed by atoms with Crippen molar-refractivity contribution >= 4 is 40.0 Å². The molecule has 1 fully saturated rings. The minimum absolute atomic E-state index is 0.167. The van der Waals surface area contributed by atoms with Gasteiger partial charge in [0.25, 0.3) is 5.91 Å². The number of carbonyl (C=O) groups is 1. The van der Waals surface area contributed by atoms with E-state index < -0.39 is 0 Å². The minimum Gasteiger partial charge on any atom is -0.335 e. The quantitative estimate of drug-likeness (QED) is 0.443. The van der Waals surface area contributed by atoms with E-state index in [1.165, 1.54) is 21.7 Å². The smallest absolute Gasteiger partial charge is 0.261 e. The van der Waals surface area contributed by atoms with Crippen molar-refractivity contribution in [2.75, 3.05) is 19.0 Å². The molecule has 2 aromatic carbocycles. The Morgan fingerprint density at radius 2 is 1.61 bits per heavy atom. The van der Waals surface area contributed by atoms with Gasteiger partial charge in [0.05, 0.1) is 21.5 Å². The van der Waals surface area contributed by atoms with Crippen molar-refractivity contribution in [1.82, 2.24) is 9.80 Å². The van der Waals surface area contributed by atoms with E-state index in [1.807, 2.05) is 11.0 Å². The Labute approximate surface area is 193 Å². The number of nitrogens with zero attached hydrogens (tertiary/aromatic N) is 2. The molecule has 0 aromatic heterocycles. The van der Waals surface area contributed by atoms with Crippen LogP contribution in [0.2, 0.25) is 0 Å². The highest BCUT2D eigenvalue weighted by molar-refractivity contribution is 8.12. The summed E-state index contributed by atoms with van der Waals surface area (Å²) >= 11 is 3.43. The molecule has 1 saturated heterocycles. The molecule has 2 aromatic rings. The lowest BCUT2D eigenvalue weighted by atomic mass is 10.1. The Bertz CT molecular complexity index is 1010. The van der Waals surface area contributed by atoms with Crippen molar-refractivity contribution in [2.45, 2.75) is 26.7 Å². The number of carbonyl (C=O) groups excluding carboxylic acids is 1. The lowest BCUT2D eigenvalue weighted by Crippen LogP contribution is -2.25. The first-order valence-corrected chi connectivity index (χ1v) is 12.7. The van der Waals surface area contributed by atoms with Crippen LogP contribution in [-0.4, -0.2) is 34.7 Å². The van der Waals surface area contributed by atoms with Crippen molar-refractivity contribution in [3.05, 3.63) is 93.9 Å². The maximum atomic E-state index is 12.7. The fourth-order valence-electron chi connectivity index (χ4n) is 3.75. The van der Waals surface area contributed by atoms with E-state index >= 15 is 0 Å². The summed E-state index contributed by atoms with van der Waals surface area (Å²) in [6.45, 7) is 6.06. The van der Waals surface area contributed by atoms with Crippen LogP contribution in [0.1, 0.15) is 37.8 Å². The van der Waals surface area contributed by atoms with Gasteiger partial charge >= 0.3 is 0 Å². The third-order valence-corrected chi connectivity index (χ3v) is 7.65. The first-order chi connectivity index (χ1) is 15.2. The summed E-state index contributed by atoms with van der Waals surface area (Å²) in [5, 5.41) is 1.16. The Hall–Kier alpha value is -2.37. The number of hydrogen-bond donors (Lipinski definition) is 0. The molecule has 2 aliphatic heterocycles. The number of allylic oxidation sites excluding steroid dienone is 2. The van der Waals surface area contributed by atoms with E-state index in [0.29, 0.717) is 0 Å². The van der Waals surface area contributed by atoms with Crippen LogP contribution in [0, 0.1) is 0 Å². The molecule has 0 saturated carbocycles. The second kappa shape index (κ2) is 10.3. The summed E-state index contributed by atoms with van der Waals surface area (Å²) in [4.78, 5) is 19.1. The summed E-state index contributed by atoms with van der Waals surface area (Å²) in [7, 11) is 0. The second-order valence-corrected chi connectivity index (χ2v) is 9.50. The molecule has 1 amide bonds. The molecular formula is C26H28N2OS2. The van der Waals surface area contributed by atoms with Gasteiger partial charge in [0.1, 0.15) is 0 Å². The number of hydrogen-bond acceptors (Lipinski definition) is 4. The van der Waals surface area contributed by atoms with E-state index in [4.69, 9.17) is 0 Å². The topological polar surface area (TPSA) is 23.6 Å². The molecule has 0 N–H and O–H groups in total. The fraction of sp³-hybridized carbons (Fsp3) is 0.269. The summed E-state index contributed by atoms with van der Waals surface area (Å²) in [6.07, 6.45) is 6.30. The predicted molar refractivity (Wildman–Crippen MR) is 135 cm³/mol. The van der Waals surface area contributed by atoms with Crippen LogP contribution in [0.5, 0.6) is 0 Å². The first kappa shape index (κ1) is 21.8. The molecule has 31 heavy (non-hydrogen) atoms. The van der Waals surface area contributed by atoms with Gasteiger partial charge in [-0.2, -0.15) is 0 Å². The monoisotopic (exact) mass is 448 g/mol. The number of thioether (sulfide) groups is 2. The molecule has 0 atom stereocenters. The number of amides is 1. The van der Waals surface area contributed by atoms with Gasteiger partial charge in [-0.25, -0.2) is 0 Å². The van der Waals surface area contributed by atoms with Crippen LogP contribution in [-0.2, 0) is 4.79 Å². The lowest BCUT2D eigenvalue weighted by molar-refractivity contribution is -0.124. The SMILES string of the molecule is CCCCN1CS/C(=C\C=C2/SC(c3ccccc3)=C(c3ccccc3)N2CC)C1=O. The Morgan fingerprint density at radius 3 is 2.26 bits per heavy atom. The molecule has 0 spiro atoms. The van der Waals surface area contributed by atoms with Crippen molar-refractivity contribution in [3.63, 3.8) is 0 Å². The zero-order valence-corrected chi connectivity index (χ0v) is 19.7. The standard InChI is InChI=1S/C26H28N2OS2/c1-3-5-18-27-19-30-22(26(27)29)16-17-23-28(4-2)24(20-12-8-6-9-13-20)25(31-23)21-14-10-7-11-15-21/h6-17H,3-5,18-19H2,1-2H3/b22-16-,23-17-. The third kappa shape index (κ3) is 4.78. The average molecular weight is 449 g/mol. The van der Waals surface area contributed by atoms with Gasteiger partial charge in [-0.1, -0.05) is 97.5 Å². The van der Waals surface area contributed by atoms with Gasteiger partial charge in [0.15, 0.2) is 0 Å². The highest BCUT2D eigenvalue weighted by Gasteiger charge is 2.30. The summed E-state index contributed by atoms with van der Waals surface area (Å²) in [5.74, 6) is 0.933. The maximum absolute atomic E-state index is 12.7. The van der Waals surface area contributed by atoms with E-state index in [2.05, 4.69) is 85.5 Å². The molecule has 0 aliphatic carbocycles. The van der Waals surface area contributed by atoms with E-state index in [1.54, 1.807) is 23.5 Å². The Morgan fingerprint density at radius 1 is 0.935 bits per heavy atom. The largest absolute Gasteiger partial charge is 0.335 e.